The van der Waals surface area contributed by atoms with Crippen molar-refractivity contribution in [2.45, 2.75) is 63.8 Å². The van der Waals surface area contributed by atoms with Gasteiger partial charge in [-0.2, -0.15) is 4.37 Å². The van der Waals surface area contributed by atoms with Gasteiger partial charge in [0.1, 0.15) is 10.8 Å². The van der Waals surface area contributed by atoms with Gasteiger partial charge in [0.2, 0.25) is 0 Å². The van der Waals surface area contributed by atoms with E-state index in [4.69, 9.17) is 5.73 Å². The molecule has 0 bridgehead atoms. The molecular formula is C14H23N3S. The molecule has 1 aromatic heterocycles. The van der Waals surface area contributed by atoms with Crippen LogP contribution in [0.1, 0.15) is 63.4 Å². The molecule has 3 rings (SSSR count). The molecule has 2 aliphatic carbocycles. The molecular weight excluding hydrogens is 242 g/mol. The van der Waals surface area contributed by atoms with Crippen LogP contribution in [0.2, 0.25) is 0 Å². The molecule has 2 saturated carbocycles. The summed E-state index contributed by atoms with van der Waals surface area (Å²) < 4.78 is 4.33. The van der Waals surface area contributed by atoms with Crippen LogP contribution < -0.4 is 11.1 Å². The van der Waals surface area contributed by atoms with Crippen molar-refractivity contribution in [3.8, 4) is 0 Å². The van der Waals surface area contributed by atoms with E-state index in [1.54, 1.807) is 11.5 Å². The fraction of sp³-hybridized carbons (Fsp3) is 0.786. The molecule has 0 spiro atoms. The molecule has 3 N–H and O–H groups in total. The number of nitrogens with zero attached hydrogens (tertiary/aromatic N) is 1. The summed E-state index contributed by atoms with van der Waals surface area (Å²) in [6, 6.07) is 0.558. The van der Waals surface area contributed by atoms with Gasteiger partial charge in [0.05, 0.1) is 0 Å². The monoisotopic (exact) mass is 265 g/mol. The minimum absolute atomic E-state index is 0.558. The summed E-state index contributed by atoms with van der Waals surface area (Å²) in [5.41, 5.74) is 7.30. The van der Waals surface area contributed by atoms with E-state index in [0.29, 0.717) is 12.0 Å². The van der Waals surface area contributed by atoms with E-state index in [-0.39, 0.29) is 0 Å². The molecule has 2 aliphatic rings. The highest BCUT2D eigenvalue weighted by molar-refractivity contribution is 7.10. The van der Waals surface area contributed by atoms with Gasteiger partial charge in [0.25, 0.3) is 0 Å². The Bertz CT molecular complexity index is 405. The van der Waals surface area contributed by atoms with Crippen molar-refractivity contribution in [2.24, 2.45) is 5.92 Å². The lowest BCUT2D eigenvalue weighted by Gasteiger charge is -2.28. The van der Waals surface area contributed by atoms with Gasteiger partial charge in [-0.05, 0) is 56.0 Å². The smallest absolute Gasteiger partial charge is 0.142 e. The number of aromatic nitrogens is 1. The molecule has 1 unspecified atom stereocenters. The van der Waals surface area contributed by atoms with Crippen LogP contribution in [-0.4, -0.2) is 10.4 Å². The third kappa shape index (κ3) is 2.48. The molecule has 0 saturated heterocycles. The molecule has 1 heterocycles. The Morgan fingerprint density at radius 1 is 1.22 bits per heavy atom. The summed E-state index contributed by atoms with van der Waals surface area (Å²) in [7, 11) is 0. The maximum Gasteiger partial charge on any atom is 0.142 e. The van der Waals surface area contributed by atoms with Gasteiger partial charge in [-0.15, -0.1) is 0 Å². The van der Waals surface area contributed by atoms with Gasteiger partial charge in [0, 0.05) is 11.6 Å². The van der Waals surface area contributed by atoms with E-state index in [1.165, 1.54) is 55.5 Å². The maximum absolute atomic E-state index is 6.00. The van der Waals surface area contributed by atoms with E-state index >= 15 is 0 Å². The van der Waals surface area contributed by atoms with Gasteiger partial charge >= 0.3 is 0 Å². The molecule has 100 valence electrons. The van der Waals surface area contributed by atoms with E-state index in [0.717, 1.165) is 11.7 Å². The van der Waals surface area contributed by atoms with E-state index in [1.807, 2.05) is 0 Å². The SMILES string of the molecule is CC(Nc1snc(N)c1C1CC1)C1CCCCC1. The first-order valence-electron chi connectivity index (χ1n) is 7.27. The second-order valence-corrected chi connectivity index (χ2v) is 6.69. The molecule has 2 fully saturated rings. The van der Waals surface area contributed by atoms with Crippen molar-refractivity contribution in [1.29, 1.82) is 0 Å². The average Bonchev–Trinajstić information content (AvgIpc) is 3.16. The summed E-state index contributed by atoms with van der Waals surface area (Å²) in [5.74, 6) is 2.28. The Morgan fingerprint density at radius 2 is 1.94 bits per heavy atom. The summed E-state index contributed by atoms with van der Waals surface area (Å²) in [6.45, 7) is 2.32. The predicted molar refractivity (Wildman–Crippen MR) is 78.2 cm³/mol. The third-order valence-corrected chi connectivity index (χ3v) is 5.27. The zero-order valence-corrected chi connectivity index (χ0v) is 11.9. The minimum Gasteiger partial charge on any atom is -0.383 e. The van der Waals surface area contributed by atoms with Gasteiger partial charge in [-0.25, -0.2) is 0 Å². The van der Waals surface area contributed by atoms with Crippen molar-refractivity contribution in [2.75, 3.05) is 11.1 Å². The zero-order chi connectivity index (χ0) is 12.5. The normalized spacial score (nSPS) is 22.9. The van der Waals surface area contributed by atoms with Crippen LogP contribution in [0.3, 0.4) is 0 Å². The number of rotatable bonds is 4. The van der Waals surface area contributed by atoms with E-state index < -0.39 is 0 Å². The fourth-order valence-corrected chi connectivity index (χ4v) is 4.04. The van der Waals surface area contributed by atoms with Crippen molar-refractivity contribution in [3.63, 3.8) is 0 Å². The quantitative estimate of drug-likeness (QED) is 0.865. The number of hydrogen-bond acceptors (Lipinski definition) is 4. The predicted octanol–water partition coefficient (Wildman–Crippen LogP) is 3.98. The zero-order valence-electron chi connectivity index (χ0n) is 11.1. The number of hydrogen-bond donors (Lipinski definition) is 2. The lowest BCUT2D eigenvalue weighted by Crippen LogP contribution is -2.27. The second kappa shape index (κ2) is 5.08. The number of nitrogens with two attached hydrogens (primary N) is 1. The Balaban J connectivity index is 1.67. The van der Waals surface area contributed by atoms with Crippen LogP contribution in [0.5, 0.6) is 0 Å². The largest absolute Gasteiger partial charge is 0.383 e. The van der Waals surface area contributed by atoms with Gasteiger partial charge in [-0.1, -0.05) is 19.3 Å². The van der Waals surface area contributed by atoms with Crippen molar-refractivity contribution in [3.05, 3.63) is 5.56 Å². The summed E-state index contributed by atoms with van der Waals surface area (Å²) in [6.07, 6.45) is 9.55. The van der Waals surface area contributed by atoms with Gasteiger partial charge < -0.3 is 11.1 Å². The molecule has 1 aromatic rings. The standard InChI is InChI=1S/C14H23N3S/c1-9(10-5-3-2-4-6-10)16-14-12(11-7-8-11)13(15)17-18-14/h9-11,16H,2-8H2,1H3,(H2,15,17). The molecule has 4 heteroatoms. The highest BCUT2D eigenvalue weighted by Gasteiger charge is 2.31. The first-order chi connectivity index (χ1) is 8.75. The minimum atomic E-state index is 0.558. The Labute approximate surface area is 113 Å². The number of nitrogen functional groups attached to an aromatic ring is 1. The van der Waals surface area contributed by atoms with Crippen LogP contribution in [0.4, 0.5) is 10.8 Å². The topological polar surface area (TPSA) is 50.9 Å². The van der Waals surface area contributed by atoms with Crippen LogP contribution in [0.25, 0.3) is 0 Å². The lowest BCUT2D eigenvalue weighted by molar-refractivity contribution is 0.328. The maximum atomic E-state index is 6.00. The number of nitrogens with one attached hydrogen (secondary N) is 1. The van der Waals surface area contributed by atoms with Crippen molar-refractivity contribution in [1.82, 2.24) is 4.37 Å². The number of anilines is 2. The molecule has 1 atom stereocenters. The highest BCUT2D eigenvalue weighted by atomic mass is 32.1. The van der Waals surface area contributed by atoms with Crippen LogP contribution >= 0.6 is 11.5 Å². The first kappa shape index (κ1) is 12.3. The van der Waals surface area contributed by atoms with Crippen LogP contribution in [-0.2, 0) is 0 Å². The molecule has 0 aromatic carbocycles. The summed E-state index contributed by atoms with van der Waals surface area (Å²) >= 11 is 1.55. The van der Waals surface area contributed by atoms with Gasteiger partial charge in [-0.3, -0.25) is 0 Å². The van der Waals surface area contributed by atoms with Crippen LogP contribution in [0.15, 0.2) is 0 Å². The second-order valence-electron chi connectivity index (χ2n) is 5.92. The molecule has 0 amide bonds. The average molecular weight is 265 g/mol. The lowest BCUT2D eigenvalue weighted by atomic mass is 9.84. The molecule has 3 nitrogen and oxygen atoms in total. The summed E-state index contributed by atoms with van der Waals surface area (Å²) in [4.78, 5) is 0. The first-order valence-corrected chi connectivity index (χ1v) is 8.04. The van der Waals surface area contributed by atoms with Crippen molar-refractivity contribution >= 4 is 22.4 Å². The van der Waals surface area contributed by atoms with Crippen LogP contribution in [0, 0.1) is 5.92 Å². The molecule has 0 radical (unpaired) electrons. The Kier molecular flexibility index (Phi) is 3.46. The molecule has 18 heavy (non-hydrogen) atoms. The Hall–Kier alpha value is -0.770. The van der Waals surface area contributed by atoms with Crippen molar-refractivity contribution < 1.29 is 0 Å². The van der Waals surface area contributed by atoms with E-state index in [2.05, 4.69) is 16.6 Å². The fourth-order valence-electron chi connectivity index (χ4n) is 3.14. The van der Waals surface area contributed by atoms with Gasteiger partial charge in [0.15, 0.2) is 0 Å². The Morgan fingerprint density at radius 3 is 2.61 bits per heavy atom. The molecule has 0 aliphatic heterocycles. The third-order valence-electron chi connectivity index (χ3n) is 4.46. The summed E-state index contributed by atoms with van der Waals surface area (Å²) in [5, 5.41) is 4.94. The van der Waals surface area contributed by atoms with E-state index in [9.17, 15) is 0 Å². The highest BCUT2D eigenvalue weighted by Crippen LogP contribution is 2.48.